The SMILES string of the molecule is C[C@@H]1Cc2ccccc2N1C(=O)[C@@H](C)OC(=O)c1ccc2ncsc2c1. The Bertz CT molecular complexity index is 997. The standard InChI is InChI=1S/C20H18N2O3S/c1-12-9-14-5-3-4-6-17(14)22(12)19(23)13(2)25-20(24)15-7-8-16-18(10-15)26-11-21-16/h3-8,10-13H,9H2,1-2H3/t12-,13-/m1/s1. The van der Waals surface area contributed by atoms with Crippen molar-refractivity contribution in [2.75, 3.05) is 4.90 Å². The molecule has 0 radical (unpaired) electrons. The van der Waals surface area contributed by atoms with Crippen LogP contribution in [0.2, 0.25) is 0 Å². The van der Waals surface area contributed by atoms with Gasteiger partial charge in [0.15, 0.2) is 6.10 Å². The normalized spacial score (nSPS) is 17.2. The number of carbonyl (C=O) groups is 2. The van der Waals surface area contributed by atoms with Gasteiger partial charge in [0, 0.05) is 11.7 Å². The Kier molecular flexibility index (Phi) is 4.20. The number of ether oxygens (including phenoxy) is 1. The number of fused-ring (bicyclic) bond motifs is 2. The molecule has 0 saturated heterocycles. The maximum absolute atomic E-state index is 12.9. The first-order valence-electron chi connectivity index (χ1n) is 8.50. The van der Waals surface area contributed by atoms with Crippen molar-refractivity contribution in [3.8, 4) is 0 Å². The van der Waals surface area contributed by atoms with Crippen molar-refractivity contribution in [1.29, 1.82) is 0 Å². The lowest BCUT2D eigenvalue weighted by Gasteiger charge is -2.25. The number of benzene rings is 2. The zero-order valence-corrected chi connectivity index (χ0v) is 15.3. The Morgan fingerprint density at radius 2 is 2.08 bits per heavy atom. The van der Waals surface area contributed by atoms with Crippen molar-refractivity contribution in [3.05, 3.63) is 59.1 Å². The van der Waals surface area contributed by atoms with E-state index in [9.17, 15) is 9.59 Å². The molecular weight excluding hydrogens is 348 g/mol. The average Bonchev–Trinajstić information content (AvgIpc) is 3.23. The lowest BCUT2D eigenvalue weighted by molar-refractivity contribution is -0.126. The number of hydrogen-bond donors (Lipinski definition) is 0. The summed E-state index contributed by atoms with van der Waals surface area (Å²) in [6.07, 6.45) is -0.0433. The van der Waals surface area contributed by atoms with E-state index in [0.717, 1.165) is 27.9 Å². The van der Waals surface area contributed by atoms with Gasteiger partial charge in [-0.3, -0.25) is 4.79 Å². The molecule has 1 aliphatic heterocycles. The molecule has 0 N–H and O–H groups in total. The van der Waals surface area contributed by atoms with Gasteiger partial charge < -0.3 is 9.64 Å². The first kappa shape index (κ1) is 16.7. The molecule has 2 heterocycles. The number of amides is 1. The Morgan fingerprint density at radius 3 is 2.92 bits per heavy atom. The van der Waals surface area contributed by atoms with Crippen molar-refractivity contribution < 1.29 is 14.3 Å². The minimum absolute atomic E-state index is 0.0506. The van der Waals surface area contributed by atoms with Crippen LogP contribution in [-0.2, 0) is 16.0 Å². The Labute approximate surface area is 155 Å². The molecule has 2 aromatic carbocycles. The van der Waals surface area contributed by atoms with Gasteiger partial charge in [-0.1, -0.05) is 18.2 Å². The van der Waals surface area contributed by atoms with Crippen molar-refractivity contribution in [1.82, 2.24) is 4.98 Å². The Hall–Kier alpha value is -2.73. The first-order chi connectivity index (χ1) is 12.5. The van der Waals surface area contributed by atoms with Crippen LogP contribution >= 0.6 is 11.3 Å². The minimum atomic E-state index is -0.853. The summed E-state index contributed by atoms with van der Waals surface area (Å²) in [4.78, 5) is 31.3. The molecule has 0 spiro atoms. The van der Waals surface area contributed by atoms with E-state index < -0.39 is 12.1 Å². The molecular formula is C20H18N2O3S. The third kappa shape index (κ3) is 2.86. The van der Waals surface area contributed by atoms with Gasteiger partial charge in [-0.05, 0) is 50.1 Å². The van der Waals surface area contributed by atoms with Crippen LogP contribution in [0.15, 0.2) is 48.0 Å². The first-order valence-corrected chi connectivity index (χ1v) is 9.38. The predicted octanol–water partition coefficient (Wildman–Crippen LogP) is 3.82. The van der Waals surface area contributed by atoms with Gasteiger partial charge in [-0.2, -0.15) is 0 Å². The third-order valence-corrected chi connectivity index (χ3v) is 5.43. The topological polar surface area (TPSA) is 59.5 Å². The third-order valence-electron chi connectivity index (χ3n) is 4.64. The molecule has 4 rings (SSSR count). The average molecular weight is 366 g/mol. The highest BCUT2D eigenvalue weighted by Gasteiger charge is 2.34. The van der Waals surface area contributed by atoms with Gasteiger partial charge in [-0.15, -0.1) is 11.3 Å². The highest BCUT2D eigenvalue weighted by atomic mass is 32.1. The van der Waals surface area contributed by atoms with Crippen LogP contribution in [0, 0.1) is 0 Å². The number of para-hydroxylation sites is 1. The van der Waals surface area contributed by atoms with Crippen LogP contribution in [0.1, 0.15) is 29.8 Å². The largest absolute Gasteiger partial charge is 0.449 e. The fourth-order valence-electron chi connectivity index (χ4n) is 3.36. The molecule has 0 bridgehead atoms. The van der Waals surface area contributed by atoms with Gasteiger partial charge >= 0.3 is 5.97 Å². The molecule has 132 valence electrons. The monoisotopic (exact) mass is 366 g/mol. The molecule has 0 fully saturated rings. The van der Waals surface area contributed by atoms with Crippen LogP contribution in [0.4, 0.5) is 5.69 Å². The molecule has 3 aromatic rings. The molecule has 0 unspecified atom stereocenters. The molecule has 26 heavy (non-hydrogen) atoms. The van der Waals surface area contributed by atoms with E-state index in [1.165, 1.54) is 11.3 Å². The summed E-state index contributed by atoms with van der Waals surface area (Å²) in [5, 5.41) is 0. The lowest BCUT2D eigenvalue weighted by atomic mass is 10.1. The second-order valence-electron chi connectivity index (χ2n) is 6.47. The molecule has 5 nitrogen and oxygen atoms in total. The number of anilines is 1. The second kappa shape index (κ2) is 6.53. The van der Waals surface area contributed by atoms with E-state index in [0.29, 0.717) is 5.56 Å². The van der Waals surface area contributed by atoms with E-state index in [1.54, 1.807) is 35.5 Å². The number of aromatic nitrogens is 1. The van der Waals surface area contributed by atoms with Crippen LogP contribution in [-0.4, -0.2) is 29.0 Å². The highest BCUT2D eigenvalue weighted by Crippen LogP contribution is 2.32. The van der Waals surface area contributed by atoms with E-state index in [2.05, 4.69) is 4.98 Å². The van der Waals surface area contributed by atoms with Crippen molar-refractivity contribution >= 4 is 39.1 Å². The Balaban J connectivity index is 1.51. The summed E-state index contributed by atoms with van der Waals surface area (Å²) >= 11 is 1.46. The summed E-state index contributed by atoms with van der Waals surface area (Å²) in [5.41, 5.74) is 5.05. The van der Waals surface area contributed by atoms with E-state index >= 15 is 0 Å². The highest BCUT2D eigenvalue weighted by molar-refractivity contribution is 7.16. The van der Waals surface area contributed by atoms with Gasteiger partial charge in [-0.25, -0.2) is 9.78 Å². The summed E-state index contributed by atoms with van der Waals surface area (Å²) in [7, 11) is 0. The van der Waals surface area contributed by atoms with Crippen LogP contribution in [0.3, 0.4) is 0 Å². The molecule has 1 aliphatic rings. The van der Waals surface area contributed by atoms with Crippen molar-refractivity contribution in [3.63, 3.8) is 0 Å². The predicted molar refractivity (Wildman–Crippen MR) is 102 cm³/mol. The zero-order valence-electron chi connectivity index (χ0n) is 14.5. The van der Waals surface area contributed by atoms with Gasteiger partial charge in [0.2, 0.25) is 0 Å². The van der Waals surface area contributed by atoms with Crippen molar-refractivity contribution in [2.45, 2.75) is 32.4 Å². The molecule has 0 saturated carbocycles. The summed E-state index contributed by atoms with van der Waals surface area (Å²) < 4.78 is 6.37. The molecule has 6 heteroatoms. The number of esters is 1. The zero-order chi connectivity index (χ0) is 18.3. The number of rotatable bonds is 3. The van der Waals surface area contributed by atoms with Gasteiger partial charge in [0.1, 0.15) is 0 Å². The quantitative estimate of drug-likeness (QED) is 0.661. The van der Waals surface area contributed by atoms with E-state index in [1.807, 2.05) is 31.2 Å². The van der Waals surface area contributed by atoms with Crippen LogP contribution in [0.25, 0.3) is 10.2 Å². The number of carbonyl (C=O) groups excluding carboxylic acids is 2. The fraction of sp³-hybridized carbons (Fsp3) is 0.250. The summed E-state index contributed by atoms with van der Waals surface area (Å²) in [6, 6.07) is 13.1. The van der Waals surface area contributed by atoms with Crippen LogP contribution < -0.4 is 4.90 Å². The summed E-state index contributed by atoms with van der Waals surface area (Å²) in [5.74, 6) is -0.698. The number of hydrogen-bond acceptors (Lipinski definition) is 5. The van der Waals surface area contributed by atoms with Crippen molar-refractivity contribution in [2.24, 2.45) is 0 Å². The fourth-order valence-corrected chi connectivity index (χ4v) is 4.07. The van der Waals surface area contributed by atoms with E-state index in [4.69, 9.17) is 4.74 Å². The number of nitrogens with zero attached hydrogens (tertiary/aromatic N) is 2. The lowest BCUT2D eigenvalue weighted by Crippen LogP contribution is -2.43. The minimum Gasteiger partial charge on any atom is -0.449 e. The van der Waals surface area contributed by atoms with E-state index in [-0.39, 0.29) is 11.9 Å². The molecule has 1 aromatic heterocycles. The number of thiazole rings is 1. The van der Waals surface area contributed by atoms with Crippen LogP contribution in [0.5, 0.6) is 0 Å². The maximum Gasteiger partial charge on any atom is 0.338 e. The molecule has 0 aliphatic carbocycles. The van der Waals surface area contributed by atoms with Gasteiger partial charge in [0.25, 0.3) is 5.91 Å². The molecule has 1 amide bonds. The Morgan fingerprint density at radius 1 is 1.27 bits per heavy atom. The second-order valence-corrected chi connectivity index (χ2v) is 7.36. The summed E-state index contributed by atoms with van der Waals surface area (Å²) in [6.45, 7) is 3.63. The smallest absolute Gasteiger partial charge is 0.338 e. The maximum atomic E-state index is 12.9. The van der Waals surface area contributed by atoms with Gasteiger partial charge in [0.05, 0.1) is 21.3 Å². The molecule has 2 atom stereocenters.